The molecule has 0 aliphatic carbocycles. The molecule has 2 heterocycles. The third-order valence-electron chi connectivity index (χ3n) is 1.73. The van der Waals surface area contributed by atoms with E-state index in [2.05, 4.69) is 9.97 Å². The van der Waals surface area contributed by atoms with Crippen molar-refractivity contribution in [3.63, 3.8) is 0 Å². The van der Waals surface area contributed by atoms with Gasteiger partial charge in [-0.2, -0.15) is 0 Å². The van der Waals surface area contributed by atoms with Crippen LogP contribution < -0.4 is 5.56 Å². The predicted molar refractivity (Wildman–Crippen MR) is 67.4 cm³/mol. The number of nitrogens with zero attached hydrogens (tertiary/aromatic N) is 3. The highest BCUT2D eigenvalue weighted by molar-refractivity contribution is 14.1. The van der Waals surface area contributed by atoms with Crippen LogP contribution in [0.25, 0.3) is 0 Å². The lowest BCUT2D eigenvalue weighted by Crippen LogP contribution is -2.23. The quantitative estimate of drug-likeness (QED) is 0.613. The van der Waals surface area contributed by atoms with Crippen molar-refractivity contribution in [1.82, 2.24) is 14.5 Å². The molecular formula is C8H5ClIN3OS. The molecular weight excluding hydrogens is 349 g/mol. The highest BCUT2D eigenvalue weighted by atomic mass is 127. The molecule has 0 saturated heterocycles. The van der Waals surface area contributed by atoms with Gasteiger partial charge in [0.1, 0.15) is 13.7 Å². The molecule has 0 N–H and O–H groups in total. The minimum atomic E-state index is -0.134. The van der Waals surface area contributed by atoms with Crippen LogP contribution in [-0.2, 0) is 6.54 Å². The Morgan fingerprint density at radius 2 is 2.33 bits per heavy atom. The van der Waals surface area contributed by atoms with Gasteiger partial charge in [0.2, 0.25) is 0 Å². The number of halogens is 2. The van der Waals surface area contributed by atoms with Gasteiger partial charge in [-0.25, -0.2) is 9.97 Å². The molecule has 2 rings (SSSR count). The largest absolute Gasteiger partial charge is 0.291 e. The monoisotopic (exact) mass is 353 g/mol. The van der Waals surface area contributed by atoms with Crippen LogP contribution >= 0.6 is 45.5 Å². The summed E-state index contributed by atoms with van der Waals surface area (Å²) < 4.78 is 1.93. The van der Waals surface area contributed by atoms with Gasteiger partial charge in [0.15, 0.2) is 0 Å². The standard InChI is InChI=1S/C8H5ClIN3OS/c9-7-6(10)8(14)13(4-12-7)3-5-11-1-2-15-5/h1-2,4H,3H2. The van der Waals surface area contributed by atoms with E-state index in [1.54, 1.807) is 6.20 Å². The summed E-state index contributed by atoms with van der Waals surface area (Å²) in [6.07, 6.45) is 3.15. The Hall–Kier alpha value is -0.470. The first-order valence-corrected chi connectivity index (χ1v) is 6.31. The highest BCUT2D eigenvalue weighted by Crippen LogP contribution is 2.10. The average molecular weight is 354 g/mol. The summed E-state index contributed by atoms with van der Waals surface area (Å²) in [5.41, 5.74) is -0.134. The van der Waals surface area contributed by atoms with Crippen LogP contribution in [0.2, 0.25) is 5.15 Å². The van der Waals surface area contributed by atoms with Gasteiger partial charge in [-0.1, -0.05) is 11.6 Å². The highest BCUT2D eigenvalue weighted by Gasteiger charge is 2.07. The van der Waals surface area contributed by atoms with Crippen molar-refractivity contribution in [1.29, 1.82) is 0 Å². The zero-order chi connectivity index (χ0) is 10.8. The van der Waals surface area contributed by atoms with E-state index >= 15 is 0 Å². The lowest BCUT2D eigenvalue weighted by molar-refractivity contribution is 0.726. The third kappa shape index (κ3) is 2.37. The number of thiazole rings is 1. The molecule has 0 aliphatic rings. The van der Waals surface area contributed by atoms with Crippen molar-refractivity contribution in [3.05, 3.63) is 42.0 Å². The van der Waals surface area contributed by atoms with Gasteiger partial charge in [0, 0.05) is 11.6 Å². The fourth-order valence-electron chi connectivity index (χ4n) is 1.03. The summed E-state index contributed by atoms with van der Waals surface area (Å²) in [6.45, 7) is 0.441. The Morgan fingerprint density at radius 1 is 1.53 bits per heavy atom. The van der Waals surface area contributed by atoms with E-state index < -0.39 is 0 Å². The molecule has 0 spiro atoms. The van der Waals surface area contributed by atoms with E-state index in [-0.39, 0.29) is 10.7 Å². The molecule has 7 heteroatoms. The zero-order valence-electron chi connectivity index (χ0n) is 7.35. The van der Waals surface area contributed by atoms with Crippen LogP contribution in [0.15, 0.2) is 22.7 Å². The van der Waals surface area contributed by atoms with Gasteiger partial charge in [-0.05, 0) is 22.6 Å². The van der Waals surface area contributed by atoms with Crippen molar-refractivity contribution in [2.24, 2.45) is 0 Å². The fourth-order valence-corrected chi connectivity index (χ4v) is 2.22. The van der Waals surface area contributed by atoms with Crippen LogP contribution in [0.1, 0.15) is 5.01 Å². The fraction of sp³-hybridized carbons (Fsp3) is 0.125. The Balaban J connectivity index is 2.38. The molecule has 4 nitrogen and oxygen atoms in total. The molecule has 2 aromatic heterocycles. The molecule has 0 radical (unpaired) electrons. The topological polar surface area (TPSA) is 47.8 Å². The third-order valence-corrected chi connectivity index (χ3v) is 4.07. The van der Waals surface area contributed by atoms with Crippen molar-refractivity contribution in [2.75, 3.05) is 0 Å². The van der Waals surface area contributed by atoms with Gasteiger partial charge in [0.25, 0.3) is 5.56 Å². The van der Waals surface area contributed by atoms with Gasteiger partial charge in [0.05, 0.1) is 12.9 Å². The first-order chi connectivity index (χ1) is 7.18. The maximum Gasteiger partial charge on any atom is 0.268 e. The molecule has 2 aromatic rings. The van der Waals surface area contributed by atoms with Crippen LogP contribution in [0.5, 0.6) is 0 Å². The van der Waals surface area contributed by atoms with E-state index in [4.69, 9.17) is 11.6 Å². The molecule has 0 fully saturated rings. The van der Waals surface area contributed by atoms with Gasteiger partial charge < -0.3 is 0 Å². The van der Waals surface area contributed by atoms with Crippen molar-refractivity contribution < 1.29 is 0 Å². The minimum absolute atomic E-state index is 0.134. The summed E-state index contributed by atoms with van der Waals surface area (Å²) >= 11 is 9.12. The van der Waals surface area contributed by atoms with Crippen LogP contribution in [0.3, 0.4) is 0 Å². The molecule has 0 aromatic carbocycles. The summed E-state index contributed by atoms with van der Waals surface area (Å²) in [6, 6.07) is 0. The minimum Gasteiger partial charge on any atom is -0.291 e. The molecule has 0 bridgehead atoms. The maximum absolute atomic E-state index is 11.7. The first kappa shape index (κ1) is 11.0. The molecule has 15 heavy (non-hydrogen) atoms. The van der Waals surface area contributed by atoms with E-state index in [0.717, 1.165) is 5.01 Å². The molecule has 0 aliphatic heterocycles. The van der Waals surface area contributed by atoms with Gasteiger partial charge in [-0.15, -0.1) is 11.3 Å². The maximum atomic E-state index is 11.7. The lowest BCUT2D eigenvalue weighted by atomic mass is 10.6. The number of hydrogen-bond donors (Lipinski definition) is 0. The molecule has 78 valence electrons. The normalized spacial score (nSPS) is 10.5. The van der Waals surface area contributed by atoms with Crippen molar-refractivity contribution in [3.8, 4) is 0 Å². The van der Waals surface area contributed by atoms with Crippen molar-refractivity contribution in [2.45, 2.75) is 6.54 Å². The van der Waals surface area contributed by atoms with Crippen LogP contribution in [-0.4, -0.2) is 14.5 Å². The first-order valence-electron chi connectivity index (χ1n) is 3.97. The second-order valence-corrected chi connectivity index (χ2v) is 5.12. The molecule has 0 atom stereocenters. The summed E-state index contributed by atoms with van der Waals surface area (Å²) in [7, 11) is 0. The Morgan fingerprint density at radius 3 is 3.00 bits per heavy atom. The van der Waals surface area contributed by atoms with Gasteiger partial charge in [-0.3, -0.25) is 9.36 Å². The molecule has 0 amide bonds. The second-order valence-electron chi connectivity index (χ2n) is 2.71. The SMILES string of the molecule is O=c1c(I)c(Cl)ncn1Cc1nccs1. The van der Waals surface area contributed by atoms with E-state index in [9.17, 15) is 4.79 Å². The van der Waals surface area contributed by atoms with E-state index in [0.29, 0.717) is 10.1 Å². The molecule has 0 saturated carbocycles. The Labute approximate surface area is 108 Å². The van der Waals surface area contributed by atoms with Crippen LogP contribution in [0, 0.1) is 3.57 Å². The van der Waals surface area contributed by atoms with E-state index in [1.807, 2.05) is 28.0 Å². The van der Waals surface area contributed by atoms with E-state index in [1.165, 1.54) is 22.2 Å². The number of hydrogen-bond acceptors (Lipinski definition) is 4. The Bertz CT molecular complexity index is 525. The Kier molecular flexibility index (Phi) is 3.37. The number of rotatable bonds is 2. The van der Waals surface area contributed by atoms with Crippen molar-refractivity contribution >= 4 is 45.5 Å². The number of aromatic nitrogens is 3. The van der Waals surface area contributed by atoms with Crippen LogP contribution in [0.4, 0.5) is 0 Å². The van der Waals surface area contributed by atoms with Gasteiger partial charge >= 0.3 is 0 Å². The molecule has 0 unspecified atom stereocenters. The average Bonchev–Trinajstić information content (AvgIpc) is 2.72. The lowest BCUT2D eigenvalue weighted by Gasteiger charge is -2.03. The zero-order valence-corrected chi connectivity index (χ0v) is 11.1. The summed E-state index contributed by atoms with van der Waals surface area (Å²) in [5.74, 6) is 0. The summed E-state index contributed by atoms with van der Waals surface area (Å²) in [4.78, 5) is 19.7. The predicted octanol–water partition coefficient (Wildman–Crippen LogP) is 2.01. The smallest absolute Gasteiger partial charge is 0.268 e. The summed E-state index contributed by atoms with van der Waals surface area (Å²) in [5, 5.41) is 2.99. The second kappa shape index (κ2) is 4.58.